The molecule has 106 valence electrons. The van der Waals surface area contributed by atoms with Crippen LogP contribution in [0.5, 0.6) is 5.75 Å². The molecule has 0 bridgehead atoms. The van der Waals surface area contributed by atoms with Crippen LogP contribution in [-0.2, 0) is 10.0 Å². The molecule has 0 fully saturated rings. The van der Waals surface area contributed by atoms with Gasteiger partial charge in [0.05, 0.1) is 16.9 Å². The SMILES string of the molecule is CCC(C)NS(=O)(=O)c1ccc(OC)c([N+](=O)[O-])c1. The fourth-order valence-corrected chi connectivity index (χ4v) is 2.74. The monoisotopic (exact) mass is 288 g/mol. The molecule has 1 rings (SSSR count). The van der Waals surface area contributed by atoms with Gasteiger partial charge >= 0.3 is 5.69 Å². The molecule has 1 atom stereocenters. The zero-order valence-electron chi connectivity index (χ0n) is 10.9. The van der Waals surface area contributed by atoms with E-state index in [0.29, 0.717) is 6.42 Å². The van der Waals surface area contributed by atoms with Gasteiger partial charge in [0.15, 0.2) is 5.75 Å². The first kappa shape index (κ1) is 15.4. The van der Waals surface area contributed by atoms with E-state index in [-0.39, 0.29) is 22.4 Å². The Labute approximate surface area is 111 Å². The number of nitrogens with zero attached hydrogens (tertiary/aromatic N) is 1. The van der Waals surface area contributed by atoms with Gasteiger partial charge in [-0.3, -0.25) is 10.1 Å². The molecule has 0 heterocycles. The summed E-state index contributed by atoms with van der Waals surface area (Å²) >= 11 is 0. The molecule has 0 aliphatic rings. The van der Waals surface area contributed by atoms with E-state index in [1.54, 1.807) is 6.92 Å². The van der Waals surface area contributed by atoms with Gasteiger partial charge in [0.25, 0.3) is 0 Å². The predicted molar refractivity (Wildman–Crippen MR) is 69.7 cm³/mol. The highest BCUT2D eigenvalue weighted by Crippen LogP contribution is 2.29. The number of nitrogens with one attached hydrogen (secondary N) is 1. The molecule has 0 radical (unpaired) electrons. The standard InChI is InChI=1S/C11H16N2O5S/c1-4-8(2)12-19(16,17)9-5-6-11(18-3)10(7-9)13(14)15/h5-8,12H,4H2,1-3H3. The zero-order chi connectivity index (χ0) is 14.6. The van der Waals surface area contributed by atoms with Crippen LogP contribution < -0.4 is 9.46 Å². The normalized spacial score (nSPS) is 13.0. The average Bonchev–Trinajstić information content (AvgIpc) is 2.37. The quantitative estimate of drug-likeness (QED) is 0.634. The molecule has 0 aromatic heterocycles. The van der Waals surface area contributed by atoms with Crippen molar-refractivity contribution in [2.75, 3.05) is 7.11 Å². The summed E-state index contributed by atoms with van der Waals surface area (Å²) in [5, 5.41) is 10.8. The maximum Gasteiger partial charge on any atom is 0.312 e. The molecule has 8 heteroatoms. The second-order valence-corrected chi connectivity index (χ2v) is 5.74. The third-order valence-electron chi connectivity index (χ3n) is 2.63. The Hall–Kier alpha value is -1.67. The molecule has 0 amide bonds. The summed E-state index contributed by atoms with van der Waals surface area (Å²) in [4.78, 5) is 10.0. The Morgan fingerprint density at radius 3 is 2.58 bits per heavy atom. The van der Waals surface area contributed by atoms with Gasteiger partial charge in [0.1, 0.15) is 0 Å². The molecule has 0 aliphatic heterocycles. The maximum atomic E-state index is 12.0. The van der Waals surface area contributed by atoms with Crippen LogP contribution in [-0.4, -0.2) is 26.5 Å². The van der Waals surface area contributed by atoms with Crippen molar-refractivity contribution in [1.29, 1.82) is 0 Å². The third-order valence-corrected chi connectivity index (χ3v) is 4.21. The fourth-order valence-electron chi connectivity index (χ4n) is 1.40. The Morgan fingerprint density at radius 1 is 1.47 bits per heavy atom. The van der Waals surface area contributed by atoms with E-state index in [9.17, 15) is 18.5 Å². The summed E-state index contributed by atoms with van der Waals surface area (Å²) in [5.41, 5.74) is -0.380. The summed E-state index contributed by atoms with van der Waals surface area (Å²) in [6.45, 7) is 3.55. The molecule has 0 aliphatic carbocycles. The van der Waals surface area contributed by atoms with Gasteiger partial charge in [-0.25, -0.2) is 13.1 Å². The first-order chi connectivity index (χ1) is 8.81. The minimum absolute atomic E-state index is 0.0208. The minimum Gasteiger partial charge on any atom is -0.490 e. The van der Waals surface area contributed by atoms with Crippen LogP contribution in [0.25, 0.3) is 0 Å². The smallest absolute Gasteiger partial charge is 0.312 e. The van der Waals surface area contributed by atoms with Crippen LogP contribution in [0.1, 0.15) is 20.3 Å². The first-order valence-corrected chi connectivity index (χ1v) is 7.15. The Kier molecular flexibility index (Phi) is 4.84. The second-order valence-electron chi connectivity index (χ2n) is 4.02. The molecule has 19 heavy (non-hydrogen) atoms. The molecular formula is C11H16N2O5S. The van der Waals surface area contributed by atoms with E-state index in [1.165, 1.54) is 19.2 Å². The van der Waals surface area contributed by atoms with Crippen molar-refractivity contribution >= 4 is 15.7 Å². The van der Waals surface area contributed by atoms with Crippen molar-refractivity contribution in [2.24, 2.45) is 0 Å². The van der Waals surface area contributed by atoms with Crippen LogP contribution in [0, 0.1) is 10.1 Å². The van der Waals surface area contributed by atoms with E-state index >= 15 is 0 Å². The van der Waals surface area contributed by atoms with E-state index in [2.05, 4.69) is 4.72 Å². The average molecular weight is 288 g/mol. The lowest BCUT2D eigenvalue weighted by atomic mass is 10.3. The highest BCUT2D eigenvalue weighted by Gasteiger charge is 2.22. The molecule has 0 saturated carbocycles. The van der Waals surface area contributed by atoms with Crippen molar-refractivity contribution < 1.29 is 18.1 Å². The first-order valence-electron chi connectivity index (χ1n) is 5.66. The van der Waals surface area contributed by atoms with Crippen LogP contribution >= 0.6 is 0 Å². The Morgan fingerprint density at radius 2 is 2.11 bits per heavy atom. The summed E-state index contributed by atoms with van der Waals surface area (Å²) < 4.78 is 31.3. The van der Waals surface area contributed by atoms with E-state index in [4.69, 9.17) is 4.74 Å². The highest BCUT2D eigenvalue weighted by molar-refractivity contribution is 7.89. The van der Waals surface area contributed by atoms with Crippen molar-refractivity contribution in [3.05, 3.63) is 28.3 Å². The summed E-state index contributed by atoms with van der Waals surface area (Å²) in [6, 6.07) is 3.29. The molecule has 1 aromatic rings. The molecule has 1 aromatic carbocycles. The molecule has 7 nitrogen and oxygen atoms in total. The molecule has 1 N–H and O–H groups in total. The number of methoxy groups -OCH3 is 1. The number of ether oxygens (including phenoxy) is 1. The topological polar surface area (TPSA) is 98.5 Å². The van der Waals surface area contributed by atoms with E-state index in [0.717, 1.165) is 6.07 Å². The van der Waals surface area contributed by atoms with Crippen molar-refractivity contribution in [1.82, 2.24) is 4.72 Å². The van der Waals surface area contributed by atoms with Gasteiger partial charge in [0, 0.05) is 12.1 Å². The summed E-state index contributed by atoms with van der Waals surface area (Å²) in [6.07, 6.45) is 0.622. The molecular weight excluding hydrogens is 272 g/mol. The Balaban J connectivity index is 3.22. The number of sulfonamides is 1. The zero-order valence-corrected chi connectivity index (χ0v) is 11.7. The van der Waals surface area contributed by atoms with Crippen molar-refractivity contribution in [2.45, 2.75) is 31.2 Å². The Bertz CT molecular complexity index is 570. The van der Waals surface area contributed by atoms with Crippen molar-refractivity contribution in [3.8, 4) is 5.75 Å². The van der Waals surface area contributed by atoms with Crippen molar-refractivity contribution in [3.63, 3.8) is 0 Å². The predicted octanol–water partition coefficient (Wildman–Crippen LogP) is 1.68. The molecule has 1 unspecified atom stereocenters. The minimum atomic E-state index is -3.76. The lowest BCUT2D eigenvalue weighted by molar-refractivity contribution is -0.386. The van der Waals surface area contributed by atoms with Gasteiger partial charge < -0.3 is 4.74 Å². The van der Waals surface area contributed by atoms with Crippen LogP contribution in [0.15, 0.2) is 23.1 Å². The van der Waals surface area contributed by atoms with Gasteiger partial charge in [-0.2, -0.15) is 0 Å². The largest absolute Gasteiger partial charge is 0.490 e. The molecule has 0 saturated heterocycles. The van der Waals surface area contributed by atoms with Gasteiger partial charge in [-0.15, -0.1) is 0 Å². The number of benzene rings is 1. The fraction of sp³-hybridized carbons (Fsp3) is 0.455. The second kappa shape index (κ2) is 5.98. The van der Waals surface area contributed by atoms with Crippen LogP contribution in [0.2, 0.25) is 0 Å². The summed E-state index contributed by atoms with van der Waals surface area (Å²) in [5.74, 6) is 0.0208. The lowest BCUT2D eigenvalue weighted by Gasteiger charge is -2.12. The number of hydrogen-bond donors (Lipinski definition) is 1. The lowest BCUT2D eigenvalue weighted by Crippen LogP contribution is -2.32. The highest BCUT2D eigenvalue weighted by atomic mass is 32.2. The number of hydrogen-bond acceptors (Lipinski definition) is 5. The number of rotatable bonds is 6. The van der Waals surface area contributed by atoms with E-state index < -0.39 is 14.9 Å². The van der Waals surface area contributed by atoms with Gasteiger partial charge in [-0.05, 0) is 25.5 Å². The van der Waals surface area contributed by atoms with Gasteiger partial charge in [-0.1, -0.05) is 6.92 Å². The summed E-state index contributed by atoms with van der Waals surface area (Å²) in [7, 11) is -2.48. The maximum absolute atomic E-state index is 12.0. The number of nitro benzene ring substituents is 1. The van der Waals surface area contributed by atoms with Crippen LogP contribution in [0.3, 0.4) is 0 Å². The van der Waals surface area contributed by atoms with Gasteiger partial charge in [0.2, 0.25) is 10.0 Å². The number of nitro groups is 1. The van der Waals surface area contributed by atoms with Crippen LogP contribution in [0.4, 0.5) is 5.69 Å². The third kappa shape index (κ3) is 3.65. The molecule has 0 spiro atoms. The van der Waals surface area contributed by atoms with E-state index in [1.807, 2.05) is 6.92 Å².